The normalized spacial score (nSPS) is 12.3. The summed E-state index contributed by atoms with van der Waals surface area (Å²) in [6.45, 7) is 3.11. The number of hydrogen-bond acceptors (Lipinski definition) is 2. The van der Waals surface area contributed by atoms with Gasteiger partial charge in [0.1, 0.15) is 0 Å². The van der Waals surface area contributed by atoms with Crippen molar-refractivity contribution in [3.8, 4) is 0 Å². The first-order valence-corrected chi connectivity index (χ1v) is 8.12. The van der Waals surface area contributed by atoms with Gasteiger partial charge < -0.3 is 10.2 Å². The summed E-state index contributed by atoms with van der Waals surface area (Å²) in [5, 5.41) is 6.27. The van der Waals surface area contributed by atoms with Crippen molar-refractivity contribution in [2.45, 2.75) is 19.5 Å². The molecule has 2 nitrogen and oxygen atoms in total. The van der Waals surface area contributed by atoms with Crippen LogP contribution in [0.2, 0.25) is 0 Å². The number of hydrogen-bond donors (Lipinski definition) is 1. The van der Waals surface area contributed by atoms with Crippen LogP contribution in [0, 0.1) is 0 Å². The molecule has 2 heteroatoms. The van der Waals surface area contributed by atoms with Gasteiger partial charge in [0.2, 0.25) is 0 Å². The molecule has 0 amide bonds. The van der Waals surface area contributed by atoms with Crippen LogP contribution < -0.4 is 10.2 Å². The maximum Gasteiger partial charge on any atom is 0.0361 e. The van der Waals surface area contributed by atoms with Crippen LogP contribution in [0.15, 0.2) is 66.7 Å². The summed E-state index contributed by atoms with van der Waals surface area (Å²) in [4.78, 5) is 2.12. The molecule has 0 spiro atoms. The fourth-order valence-corrected chi connectivity index (χ4v) is 2.92. The van der Waals surface area contributed by atoms with Gasteiger partial charge in [0.15, 0.2) is 0 Å². The van der Waals surface area contributed by atoms with E-state index in [0.717, 1.165) is 6.54 Å². The van der Waals surface area contributed by atoms with Crippen LogP contribution in [0.5, 0.6) is 0 Å². The van der Waals surface area contributed by atoms with Gasteiger partial charge in [0, 0.05) is 32.4 Å². The van der Waals surface area contributed by atoms with Gasteiger partial charge in [-0.3, -0.25) is 0 Å². The summed E-state index contributed by atoms with van der Waals surface area (Å²) >= 11 is 0. The van der Waals surface area contributed by atoms with E-state index >= 15 is 0 Å². The van der Waals surface area contributed by atoms with Crippen LogP contribution in [-0.4, -0.2) is 14.1 Å². The Hall–Kier alpha value is -2.32. The zero-order valence-electron chi connectivity index (χ0n) is 14.1. The second kappa shape index (κ2) is 6.84. The second-order valence-electron chi connectivity index (χ2n) is 6.23. The lowest BCUT2D eigenvalue weighted by Crippen LogP contribution is -2.18. The van der Waals surface area contributed by atoms with Crippen molar-refractivity contribution in [3.05, 3.63) is 77.9 Å². The first-order chi connectivity index (χ1) is 11.1. The third-order valence-corrected chi connectivity index (χ3v) is 4.35. The van der Waals surface area contributed by atoms with Crippen molar-refractivity contribution < 1.29 is 0 Å². The third-order valence-electron chi connectivity index (χ3n) is 4.35. The zero-order chi connectivity index (χ0) is 16.2. The lowest BCUT2D eigenvalue weighted by Gasteiger charge is -2.17. The first-order valence-electron chi connectivity index (χ1n) is 8.12. The highest BCUT2D eigenvalue weighted by molar-refractivity contribution is 5.86. The summed E-state index contributed by atoms with van der Waals surface area (Å²) in [5.74, 6) is 0. The minimum Gasteiger partial charge on any atom is -0.378 e. The van der Waals surface area contributed by atoms with E-state index in [0.29, 0.717) is 6.04 Å². The SMILES string of the molecule is C[C@H](NCc1ccc(N(C)C)cc1)c1cccc2ccccc12. The Balaban J connectivity index is 1.72. The van der Waals surface area contributed by atoms with Gasteiger partial charge in [-0.1, -0.05) is 54.6 Å². The van der Waals surface area contributed by atoms with Crippen LogP contribution in [0.3, 0.4) is 0 Å². The fourth-order valence-electron chi connectivity index (χ4n) is 2.92. The molecule has 0 bridgehead atoms. The maximum absolute atomic E-state index is 3.64. The standard InChI is InChI=1S/C21H24N2/c1-16(20-10-6-8-18-7-4-5-9-21(18)20)22-15-17-11-13-19(14-12-17)23(2)3/h4-14,16,22H,15H2,1-3H3/t16-/m0/s1. The molecular formula is C21H24N2. The van der Waals surface area contributed by atoms with Gasteiger partial charge in [-0.05, 0) is 41.0 Å². The molecule has 3 aromatic rings. The number of anilines is 1. The van der Waals surface area contributed by atoms with E-state index in [4.69, 9.17) is 0 Å². The van der Waals surface area contributed by atoms with E-state index in [1.54, 1.807) is 0 Å². The van der Waals surface area contributed by atoms with Crippen LogP contribution >= 0.6 is 0 Å². The third kappa shape index (κ3) is 3.54. The first kappa shape index (κ1) is 15.6. The molecule has 3 rings (SSSR count). The Morgan fingerprint density at radius 3 is 2.30 bits per heavy atom. The molecule has 0 fully saturated rings. The highest BCUT2D eigenvalue weighted by atomic mass is 15.1. The monoisotopic (exact) mass is 304 g/mol. The Morgan fingerprint density at radius 2 is 1.57 bits per heavy atom. The van der Waals surface area contributed by atoms with E-state index < -0.39 is 0 Å². The molecule has 0 saturated carbocycles. The summed E-state index contributed by atoms with van der Waals surface area (Å²) < 4.78 is 0. The molecule has 0 aliphatic heterocycles. The van der Waals surface area contributed by atoms with Crippen molar-refractivity contribution in [2.75, 3.05) is 19.0 Å². The largest absolute Gasteiger partial charge is 0.378 e. The fraction of sp³-hybridized carbons (Fsp3) is 0.238. The van der Waals surface area contributed by atoms with Crippen LogP contribution in [0.1, 0.15) is 24.1 Å². The predicted molar refractivity (Wildman–Crippen MR) is 100.0 cm³/mol. The Morgan fingerprint density at radius 1 is 0.870 bits per heavy atom. The van der Waals surface area contributed by atoms with E-state index in [1.807, 2.05) is 0 Å². The average Bonchev–Trinajstić information content (AvgIpc) is 2.59. The summed E-state index contributed by atoms with van der Waals surface area (Å²) in [6.07, 6.45) is 0. The molecule has 23 heavy (non-hydrogen) atoms. The summed E-state index contributed by atoms with van der Waals surface area (Å²) in [7, 11) is 4.13. The van der Waals surface area contributed by atoms with Crippen molar-refractivity contribution in [1.82, 2.24) is 5.32 Å². The quantitative estimate of drug-likeness (QED) is 0.731. The van der Waals surface area contributed by atoms with Crippen LogP contribution in [0.25, 0.3) is 10.8 Å². The molecule has 118 valence electrons. The van der Waals surface area contributed by atoms with E-state index in [1.165, 1.54) is 27.6 Å². The van der Waals surface area contributed by atoms with Gasteiger partial charge in [-0.25, -0.2) is 0 Å². The van der Waals surface area contributed by atoms with Gasteiger partial charge in [0.25, 0.3) is 0 Å². The van der Waals surface area contributed by atoms with Crippen LogP contribution in [-0.2, 0) is 6.54 Å². The Bertz CT molecular complexity index is 770. The van der Waals surface area contributed by atoms with Gasteiger partial charge in [0.05, 0.1) is 0 Å². The molecule has 0 unspecified atom stereocenters. The molecule has 0 radical (unpaired) electrons. The molecule has 3 aromatic carbocycles. The molecule has 0 aliphatic carbocycles. The van der Waals surface area contributed by atoms with E-state index in [-0.39, 0.29) is 0 Å². The van der Waals surface area contributed by atoms with Crippen molar-refractivity contribution >= 4 is 16.5 Å². The van der Waals surface area contributed by atoms with Gasteiger partial charge in [-0.2, -0.15) is 0 Å². The highest BCUT2D eigenvalue weighted by Gasteiger charge is 2.08. The lowest BCUT2D eigenvalue weighted by atomic mass is 9.99. The topological polar surface area (TPSA) is 15.3 Å². The summed E-state index contributed by atoms with van der Waals surface area (Å²) in [6, 6.07) is 24.1. The molecular weight excluding hydrogens is 280 g/mol. The van der Waals surface area contributed by atoms with Crippen molar-refractivity contribution in [2.24, 2.45) is 0 Å². The molecule has 0 aromatic heterocycles. The minimum atomic E-state index is 0.314. The molecule has 1 N–H and O–H groups in total. The number of nitrogens with one attached hydrogen (secondary N) is 1. The summed E-state index contributed by atoms with van der Waals surface area (Å²) in [5.41, 5.74) is 3.89. The number of fused-ring (bicyclic) bond motifs is 1. The second-order valence-corrected chi connectivity index (χ2v) is 6.23. The zero-order valence-corrected chi connectivity index (χ0v) is 14.1. The maximum atomic E-state index is 3.64. The number of rotatable bonds is 5. The molecule has 0 saturated heterocycles. The molecule has 0 aliphatic rings. The lowest BCUT2D eigenvalue weighted by molar-refractivity contribution is 0.578. The van der Waals surface area contributed by atoms with Crippen molar-refractivity contribution in [3.63, 3.8) is 0 Å². The van der Waals surface area contributed by atoms with E-state index in [2.05, 4.69) is 98.0 Å². The van der Waals surface area contributed by atoms with Crippen LogP contribution in [0.4, 0.5) is 5.69 Å². The number of benzene rings is 3. The molecule has 1 atom stereocenters. The highest BCUT2D eigenvalue weighted by Crippen LogP contribution is 2.24. The Kier molecular flexibility index (Phi) is 4.63. The van der Waals surface area contributed by atoms with Crippen molar-refractivity contribution in [1.29, 1.82) is 0 Å². The van der Waals surface area contributed by atoms with Gasteiger partial charge in [-0.15, -0.1) is 0 Å². The predicted octanol–water partition coefficient (Wildman–Crippen LogP) is 4.76. The average molecular weight is 304 g/mol. The number of nitrogens with zero attached hydrogens (tertiary/aromatic N) is 1. The van der Waals surface area contributed by atoms with E-state index in [9.17, 15) is 0 Å². The molecule has 0 heterocycles. The van der Waals surface area contributed by atoms with Gasteiger partial charge >= 0.3 is 0 Å². The Labute approximate surface area is 138 Å². The minimum absolute atomic E-state index is 0.314. The smallest absolute Gasteiger partial charge is 0.0361 e.